The molecular weight excluding hydrogens is 350 g/mol. The zero-order valence-electron chi connectivity index (χ0n) is 14.2. The first-order valence-corrected chi connectivity index (χ1v) is 9.59. The second-order valence-electron chi connectivity index (χ2n) is 5.43. The first-order valence-electron chi connectivity index (χ1n) is 8.10. The monoisotopic (exact) mass is 369 g/mol. The standard InChI is InChI=1S/C19H19N3O3S/c1-2-25-17-11-8-15(9-12-17)21-16-10-13-19(20-14-16)22-26(23,24)18-6-4-3-5-7-18/h3-14,21H,2H2,1H3,(H,20,22). The van der Waals surface area contributed by atoms with Gasteiger partial charge in [0, 0.05) is 5.69 Å². The fraction of sp³-hybridized carbons (Fsp3) is 0.105. The third-order valence-corrected chi connectivity index (χ3v) is 4.88. The molecule has 0 atom stereocenters. The number of anilines is 3. The summed E-state index contributed by atoms with van der Waals surface area (Å²) < 4.78 is 32.4. The van der Waals surface area contributed by atoms with Crippen molar-refractivity contribution in [3.05, 3.63) is 72.9 Å². The van der Waals surface area contributed by atoms with Gasteiger partial charge in [0.2, 0.25) is 0 Å². The maximum absolute atomic E-state index is 12.3. The van der Waals surface area contributed by atoms with Crippen molar-refractivity contribution in [2.45, 2.75) is 11.8 Å². The quantitative estimate of drug-likeness (QED) is 0.657. The van der Waals surface area contributed by atoms with Crippen molar-refractivity contribution in [3.8, 4) is 5.75 Å². The summed E-state index contributed by atoms with van der Waals surface area (Å²) in [7, 11) is -3.64. The number of hydrogen-bond acceptors (Lipinski definition) is 5. The molecular formula is C19H19N3O3S. The van der Waals surface area contributed by atoms with Crippen molar-refractivity contribution < 1.29 is 13.2 Å². The first kappa shape index (κ1) is 17.8. The number of ether oxygens (including phenoxy) is 1. The Morgan fingerprint density at radius 1 is 0.923 bits per heavy atom. The zero-order chi connectivity index (χ0) is 18.4. The van der Waals surface area contributed by atoms with E-state index in [1.807, 2.05) is 31.2 Å². The highest BCUT2D eigenvalue weighted by atomic mass is 32.2. The summed E-state index contributed by atoms with van der Waals surface area (Å²) in [4.78, 5) is 4.35. The molecule has 0 aliphatic rings. The Bertz CT molecular complexity index is 942. The summed E-state index contributed by atoms with van der Waals surface area (Å²) in [6.45, 7) is 2.56. The van der Waals surface area contributed by atoms with E-state index in [1.165, 1.54) is 12.1 Å². The molecule has 0 saturated carbocycles. The van der Waals surface area contributed by atoms with E-state index in [9.17, 15) is 8.42 Å². The minimum absolute atomic E-state index is 0.193. The van der Waals surface area contributed by atoms with Crippen molar-refractivity contribution in [2.75, 3.05) is 16.6 Å². The molecule has 3 rings (SSSR count). The summed E-state index contributed by atoms with van der Waals surface area (Å²) in [5.74, 6) is 1.06. The zero-order valence-corrected chi connectivity index (χ0v) is 15.0. The average molecular weight is 369 g/mol. The molecule has 1 heterocycles. The summed E-state index contributed by atoms with van der Waals surface area (Å²) in [6.07, 6.45) is 1.57. The molecule has 0 unspecified atom stereocenters. The Balaban J connectivity index is 1.67. The number of aromatic nitrogens is 1. The maximum atomic E-state index is 12.3. The third kappa shape index (κ3) is 4.52. The highest BCUT2D eigenvalue weighted by Gasteiger charge is 2.13. The lowest BCUT2D eigenvalue weighted by atomic mass is 10.3. The van der Waals surface area contributed by atoms with E-state index < -0.39 is 10.0 Å². The number of nitrogens with one attached hydrogen (secondary N) is 2. The number of rotatable bonds is 7. The van der Waals surface area contributed by atoms with Crippen LogP contribution in [0.2, 0.25) is 0 Å². The second-order valence-corrected chi connectivity index (χ2v) is 7.12. The van der Waals surface area contributed by atoms with E-state index in [1.54, 1.807) is 36.5 Å². The molecule has 2 N–H and O–H groups in total. The predicted octanol–water partition coefficient (Wildman–Crippen LogP) is 4.02. The van der Waals surface area contributed by atoms with Crippen LogP contribution in [-0.2, 0) is 10.0 Å². The van der Waals surface area contributed by atoms with Crippen LogP contribution in [0.3, 0.4) is 0 Å². The normalized spacial score (nSPS) is 11.0. The highest BCUT2D eigenvalue weighted by molar-refractivity contribution is 7.92. The molecule has 0 amide bonds. The molecule has 0 bridgehead atoms. The minimum atomic E-state index is -3.64. The van der Waals surface area contributed by atoms with E-state index in [4.69, 9.17) is 4.74 Å². The number of hydrogen-bond donors (Lipinski definition) is 2. The van der Waals surface area contributed by atoms with Crippen molar-refractivity contribution in [1.29, 1.82) is 0 Å². The van der Waals surface area contributed by atoms with Gasteiger partial charge in [0.1, 0.15) is 11.6 Å². The summed E-state index contributed by atoms with van der Waals surface area (Å²) >= 11 is 0. The van der Waals surface area contributed by atoms with Gasteiger partial charge < -0.3 is 10.1 Å². The maximum Gasteiger partial charge on any atom is 0.263 e. The summed E-state index contributed by atoms with van der Waals surface area (Å²) in [6, 6.07) is 19.1. The van der Waals surface area contributed by atoms with E-state index >= 15 is 0 Å². The van der Waals surface area contributed by atoms with Crippen molar-refractivity contribution in [2.24, 2.45) is 0 Å². The number of nitrogens with zero attached hydrogens (tertiary/aromatic N) is 1. The van der Waals surface area contributed by atoms with Gasteiger partial charge >= 0.3 is 0 Å². The van der Waals surface area contributed by atoms with Crippen LogP contribution in [0.4, 0.5) is 17.2 Å². The van der Waals surface area contributed by atoms with Gasteiger partial charge in [-0.1, -0.05) is 18.2 Å². The molecule has 0 fully saturated rings. The van der Waals surface area contributed by atoms with Crippen LogP contribution in [0, 0.1) is 0 Å². The molecule has 0 saturated heterocycles. The lowest BCUT2D eigenvalue weighted by Gasteiger charge is -2.10. The second kappa shape index (κ2) is 7.88. The predicted molar refractivity (Wildman–Crippen MR) is 102 cm³/mol. The van der Waals surface area contributed by atoms with Crippen LogP contribution in [0.1, 0.15) is 6.92 Å². The molecule has 0 radical (unpaired) electrons. The Labute approximate surface area is 152 Å². The van der Waals surface area contributed by atoms with E-state index in [0.29, 0.717) is 6.61 Å². The fourth-order valence-electron chi connectivity index (χ4n) is 2.29. The van der Waals surface area contributed by atoms with Crippen LogP contribution < -0.4 is 14.8 Å². The fourth-order valence-corrected chi connectivity index (χ4v) is 3.32. The van der Waals surface area contributed by atoms with Gasteiger partial charge in [-0.25, -0.2) is 13.4 Å². The third-order valence-electron chi connectivity index (χ3n) is 3.51. The van der Waals surface area contributed by atoms with Gasteiger partial charge in [-0.3, -0.25) is 4.72 Å². The molecule has 134 valence electrons. The molecule has 0 aliphatic heterocycles. The number of benzene rings is 2. The smallest absolute Gasteiger partial charge is 0.263 e. The van der Waals surface area contributed by atoms with Gasteiger partial charge in [-0.05, 0) is 55.5 Å². The van der Waals surface area contributed by atoms with Gasteiger partial charge in [0.05, 0.1) is 23.4 Å². The van der Waals surface area contributed by atoms with Crippen molar-refractivity contribution >= 4 is 27.2 Å². The Hall–Kier alpha value is -3.06. The lowest BCUT2D eigenvalue weighted by molar-refractivity contribution is 0.340. The number of sulfonamides is 1. The summed E-state index contributed by atoms with van der Waals surface area (Å²) in [5.41, 5.74) is 1.63. The molecule has 0 spiro atoms. The SMILES string of the molecule is CCOc1ccc(Nc2ccc(NS(=O)(=O)c3ccccc3)nc2)cc1. The largest absolute Gasteiger partial charge is 0.494 e. The Morgan fingerprint density at radius 3 is 2.23 bits per heavy atom. The highest BCUT2D eigenvalue weighted by Crippen LogP contribution is 2.21. The van der Waals surface area contributed by atoms with Gasteiger partial charge in [0.25, 0.3) is 10.0 Å². The molecule has 7 heteroatoms. The Morgan fingerprint density at radius 2 is 1.62 bits per heavy atom. The van der Waals surface area contributed by atoms with Crippen LogP contribution in [-0.4, -0.2) is 20.0 Å². The van der Waals surface area contributed by atoms with Crippen LogP contribution in [0.15, 0.2) is 77.8 Å². The Kier molecular flexibility index (Phi) is 5.38. The van der Waals surface area contributed by atoms with Gasteiger partial charge in [-0.2, -0.15) is 0 Å². The minimum Gasteiger partial charge on any atom is -0.494 e. The molecule has 26 heavy (non-hydrogen) atoms. The topological polar surface area (TPSA) is 80.3 Å². The van der Waals surface area contributed by atoms with Crippen LogP contribution in [0.5, 0.6) is 5.75 Å². The van der Waals surface area contributed by atoms with E-state index in [0.717, 1.165) is 17.1 Å². The summed E-state index contributed by atoms with van der Waals surface area (Å²) in [5, 5.41) is 3.20. The van der Waals surface area contributed by atoms with Gasteiger partial charge in [0.15, 0.2) is 0 Å². The average Bonchev–Trinajstić information content (AvgIpc) is 2.66. The van der Waals surface area contributed by atoms with Crippen molar-refractivity contribution in [3.63, 3.8) is 0 Å². The van der Waals surface area contributed by atoms with Crippen LogP contribution in [0.25, 0.3) is 0 Å². The molecule has 6 nitrogen and oxygen atoms in total. The van der Waals surface area contributed by atoms with E-state index in [-0.39, 0.29) is 10.7 Å². The van der Waals surface area contributed by atoms with Crippen LogP contribution >= 0.6 is 0 Å². The molecule has 0 aliphatic carbocycles. The first-order chi connectivity index (χ1) is 12.6. The molecule has 1 aromatic heterocycles. The molecule has 2 aromatic carbocycles. The van der Waals surface area contributed by atoms with Crippen molar-refractivity contribution in [1.82, 2.24) is 4.98 Å². The lowest BCUT2D eigenvalue weighted by Crippen LogP contribution is -2.13. The van der Waals surface area contributed by atoms with Gasteiger partial charge in [-0.15, -0.1) is 0 Å². The van der Waals surface area contributed by atoms with E-state index in [2.05, 4.69) is 15.0 Å². The number of pyridine rings is 1. The molecule has 3 aromatic rings.